The molecule has 0 aliphatic carbocycles. The summed E-state index contributed by atoms with van der Waals surface area (Å²) in [5, 5.41) is 4.17. The number of ether oxygens (including phenoxy) is 2. The van der Waals surface area contributed by atoms with E-state index in [0.29, 0.717) is 0 Å². The molecule has 4 nitrogen and oxygen atoms in total. The fourth-order valence-electron chi connectivity index (χ4n) is 1.33. The predicted octanol–water partition coefficient (Wildman–Crippen LogP) is 2.62. The minimum atomic E-state index is 0.213. The molecule has 1 aromatic heterocycles. The average molecular weight is 283 g/mol. The van der Waals surface area contributed by atoms with Gasteiger partial charge in [0.05, 0.1) is 0 Å². The normalized spacial score (nSPS) is 10.4. The molecule has 2 rings (SSSR count). The summed E-state index contributed by atoms with van der Waals surface area (Å²) in [6, 6.07) is 7.62. The zero-order valence-corrected chi connectivity index (χ0v) is 10.3. The SMILES string of the molecule is COCOc1cc(Br)ccc1-n1cccn1. The Hall–Kier alpha value is -1.33. The summed E-state index contributed by atoms with van der Waals surface area (Å²) in [6.07, 6.45) is 3.59. The van der Waals surface area contributed by atoms with Crippen LogP contribution in [0, 0.1) is 0 Å². The second-order valence-electron chi connectivity index (χ2n) is 3.11. The second-order valence-corrected chi connectivity index (χ2v) is 4.03. The van der Waals surface area contributed by atoms with Gasteiger partial charge in [-0.25, -0.2) is 4.68 Å². The number of hydrogen-bond acceptors (Lipinski definition) is 3. The summed E-state index contributed by atoms with van der Waals surface area (Å²) in [5.74, 6) is 0.722. The standard InChI is InChI=1S/C11H11BrN2O2/c1-15-8-16-11-7-9(12)3-4-10(11)14-6-2-5-13-14/h2-7H,8H2,1H3. The van der Waals surface area contributed by atoms with Crippen molar-refractivity contribution in [3.05, 3.63) is 41.1 Å². The van der Waals surface area contributed by atoms with Crippen LogP contribution in [0.1, 0.15) is 0 Å². The van der Waals surface area contributed by atoms with E-state index >= 15 is 0 Å². The van der Waals surface area contributed by atoms with Crippen LogP contribution in [0.15, 0.2) is 41.1 Å². The van der Waals surface area contributed by atoms with Gasteiger partial charge in [-0.15, -0.1) is 0 Å². The van der Waals surface area contributed by atoms with E-state index in [1.54, 1.807) is 18.0 Å². The van der Waals surface area contributed by atoms with E-state index in [1.807, 2.05) is 30.5 Å². The Kier molecular flexibility index (Phi) is 3.58. The van der Waals surface area contributed by atoms with Crippen LogP contribution < -0.4 is 4.74 Å². The van der Waals surface area contributed by atoms with E-state index in [9.17, 15) is 0 Å². The largest absolute Gasteiger partial charge is 0.465 e. The molecule has 0 saturated heterocycles. The molecule has 0 atom stereocenters. The third kappa shape index (κ3) is 2.43. The van der Waals surface area contributed by atoms with E-state index in [1.165, 1.54) is 0 Å². The Morgan fingerprint density at radius 1 is 1.44 bits per heavy atom. The molecule has 0 unspecified atom stereocenters. The number of nitrogens with zero attached hydrogens (tertiary/aromatic N) is 2. The number of hydrogen-bond donors (Lipinski definition) is 0. The Labute approximate surface area is 102 Å². The molecule has 0 amide bonds. The molecule has 0 spiro atoms. The van der Waals surface area contributed by atoms with Crippen molar-refractivity contribution in [1.29, 1.82) is 0 Å². The molecule has 16 heavy (non-hydrogen) atoms. The lowest BCUT2D eigenvalue weighted by molar-refractivity contribution is 0.0509. The van der Waals surface area contributed by atoms with Crippen LogP contribution in [0.2, 0.25) is 0 Å². The van der Waals surface area contributed by atoms with Crippen LogP contribution in [0.25, 0.3) is 5.69 Å². The first-order valence-corrected chi connectivity index (χ1v) is 5.52. The molecule has 1 heterocycles. The molecule has 0 aliphatic heterocycles. The summed E-state index contributed by atoms with van der Waals surface area (Å²) < 4.78 is 13.1. The van der Waals surface area contributed by atoms with Gasteiger partial charge in [0.15, 0.2) is 6.79 Å². The van der Waals surface area contributed by atoms with Crippen LogP contribution in [-0.4, -0.2) is 23.7 Å². The first-order chi connectivity index (χ1) is 7.81. The van der Waals surface area contributed by atoms with E-state index in [0.717, 1.165) is 15.9 Å². The fraction of sp³-hybridized carbons (Fsp3) is 0.182. The quantitative estimate of drug-likeness (QED) is 0.809. The lowest BCUT2D eigenvalue weighted by Crippen LogP contribution is -2.04. The predicted molar refractivity (Wildman–Crippen MR) is 63.8 cm³/mol. The maximum atomic E-state index is 5.48. The maximum Gasteiger partial charge on any atom is 0.188 e. The van der Waals surface area contributed by atoms with Crippen molar-refractivity contribution < 1.29 is 9.47 Å². The zero-order valence-electron chi connectivity index (χ0n) is 8.76. The topological polar surface area (TPSA) is 36.3 Å². The number of aromatic nitrogens is 2. The summed E-state index contributed by atoms with van der Waals surface area (Å²) >= 11 is 3.40. The molecule has 1 aromatic carbocycles. The van der Waals surface area contributed by atoms with Crippen LogP contribution >= 0.6 is 15.9 Å². The van der Waals surface area contributed by atoms with E-state index < -0.39 is 0 Å². The lowest BCUT2D eigenvalue weighted by Gasteiger charge is -2.11. The van der Waals surface area contributed by atoms with Crippen molar-refractivity contribution in [2.45, 2.75) is 0 Å². The molecule has 0 N–H and O–H groups in total. The highest BCUT2D eigenvalue weighted by atomic mass is 79.9. The first-order valence-electron chi connectivity index (χ1n) is 4.72. The summed E-state index contributed by atoms with van der Waals surface area (Å²) in [6.45, 7) is 0.213. The van der Waals surface area contributed by atoms with E-state index in [4.69, 9.17) is 9.47 Å². The monoisotopic (exact) mass is 282 g/mol. The van der Waals surface area contributed by atoms with Gasteiger partial charge in [-0.1, -0.05) is 15.9 Å². The highest BCUT2D eigenvalue weighted by Crippen LogP contribution is 2.26. The molecule has 0 bridgehead atoms. The van der Waals surface area contributed by atoms with Gasteiger partial charge in [-0.2, -0.15) is 5.10 Å². The molecule has 0 fully saturated rings. The molecule has 2 aromatic rings. The second kappa shape index (κ2) is 5.14. The van der Waals surface area contributed by atoms with Crippen molar-refractivity contribution in [2.75, 3.05) is 13.9 Å². The Balaban J connectivity index is 2.36. The average Bonchev–Trinajstić information content (AvgIpc) is 2.80. The van der Waals surface area contributed by atoms with Gasteiger partial charge in [0.1, 0.15) is 11.4 Å². The minimum absolute atomic E-state index is 0.213. The Bertz CT molecular complexity index is 457. The highest BCUT2D eigenvalue weighted by molar-refractivity contribution is 9.10. The number of halogens is 1. The van der Waals surface area contributed by atoms with Crippen molar-refractivity contribution in [3.8, 4) is 11.4 Å². The van der Waals surface area contributed by atoms with Gasteiger partial charge in [0, 0.05) is 24.0 Å². The van der Waals surface area contributed by atoms with Gasteiger partial charge < -0.3 is 9.47 Å². The molecular formula is C11H11BrN2O2. The van der Waals surface area contributed by atoms with Gasteiger partial charge in [-0.3, -0.25) is 0 Å². The number of methoxy groups -OCH3 is 1. The van der Waals surface area contributed by atoms with Gasteiger partial charge in [0.25, 0.3) is 0 Å². The van der Waals surface area contributed by atoms with Crippen molar-refractivity contribution in [3.63, 3.8) is 0 Å². The van der Waals surface area contributed by atoms with Gasteiger partial charge >= 0.3 is 0 Å². The third-order valence-electron chi connectivity index (χ3n) is 2.01. The number of rotatable bonds is 4. The van der Waals surface area contributed by atoms with Crippen molar-refractivity contribution in [1.82, 2.24) is 9.78 Å². The van der Waals surface area contributed by atoms with Crippen LogP contribution in [0.5, 0.6) is 5.75 Å². The third-order valence-corrected chi connectivity index (χ3v) is 2.50. The van der Waals surface area contributed by atoms with Crippen molar-refractivity contribution >= 4 is 15.9 Å². The molecule has 0 radical (unpaired) electrons. The summed E-state index contributed by atoms with van der Waals surface area (Å²) in [4.78, 5) is 0. The summed E-state index contributed by atoms with van der Waals surface area (Å²) in [5.41, 5.74) is 0.880. The van der Waals surface area contributed by atoms with E-state index in [2.05, 4.69) is 21.0 Å². The fourth-order valence-corrected chi connectivity index (χ4v) is 1.67. The van der Waals surface area contributed by atoms with Crippen molar-refractivity contribution in [2.24, 2.45) is 0 Å². The lowest BCUT2D eigenvalue weighted by atomic mass is 10.3. The van der Waals surface area contributed by atoms with Crippen LogP contribution in [0.3, 0.4) is 0 Å². The first kappa shape index (κ1) is 11.2. The molecule has 5 heteroatoms. The summed E-state index contributed by atoms with van der Waals surface area (Å²) in [7, 11) is 1.59. The molecule has 0 saturated carbocycles. The van der Waals surface area contributed by atoms with E-state index in [-0.39, 0.29) is 6.79 Å². The van der Waals surface area contributed by atoms with Crippen LogP contribution in [-0.2, 0) is 4.74 Å². The Morgan fingerprint density at radius 2 is 2.31 bits per heavy atom. The molecule has 0 aliphatic rings. The van der Waals surface area contributed by atoms with Gasteiger partial charge in [0.2, 0.25) is 0 Å². The maximum absolute atomic E-state index is 5.48. The highest BCUT2D eigenvalue weighted by Gasteiger charge is 2.06. The minimum Gasteiger partial charge on any atom is -0.465 e. The zero-order chi connectivity index (χ0) is 11.4. The Morgan fingerprint density at radius 3 is 3.00 bits per heavy atom. The van der Waals surface area contributed by atoms with Gasteiger partial charge in [-0.05, 0) is 24.3 Å². The molecular weight excluding hydrogens is 272 g/mol. The smallest absolute Gasteiger partial charge is 0.188 e. The number of benzene rings is 1. The van der Waals surface area contributed by atoms with Crippen LogP contribution in [0.4, 0.5) is 0 Å². The molecule has 84 valence electrons.